The first-order chi connectivity index (χ1) is 22.5. The van der Waals surface area contributed by atoms with Gasteiger partial charge in [0.1, 0.15) is 12.4 Å². The average Bonchev–Trinajstić information content (AvgIpc) is 3.54. The first kappa shape index (κ1) is 36.6. The van der Waals surface area contributed by atoms with E-state index >= 15 is 0 Å². The van der Waals surface area contributed by atoms with Crippen molar-refractivity contribution in [3.8, 4) is 0 Å². The molecule has 2 heterocycles. The summed E-state index contributed by atoms with van der Waals surface area (Å²) in [4.78, 5) is 51.1. The normalized spacial score (nSPS) is 18.8. The minimum absolute atomic E-state index is 0.119. The van der Waals surface area contributed by atoms with Gasteiger partial charge in [-0.15, -0.1) is 0 Å². The second kappa shape index (κ2) is 17.8. The Morgan fingerprint density at radius 2 is 1.70 bits per heavy atom. The van der Waals surface area contributed by atoms with Crippen LogP contribution in [0.4, 0.5) is 4.79 Å². The van der Waals surface area contributed by atoms with Crippen LogP contribution in [0.5, 0.6) is 0 Å². The summed E-state index contributed by atoms with van der Waals surface area (Å²) in [6, 6.07) is 7.34. The van der Waals surface area contributed by atoms with Crippen molar-refractivity contribution in [2.75, 3.05) is 40.3 Å². The fourth-order valence-corrected chi connectivity index (χ4v) is 6.77. The Balaban J connectivity index is 1.52. The molecule has 0 spiro atoms. The fraction of sp³-hybridized carbons (Fsp3) is 0.667. The maximum Gasteiger partial charge on any atom is 0.320 e. The number of piperazine rings is 1. The van der Waals surface area contributed by atoms with Gasteiger partial charge in [-0.25, -0.2) is 9.78 Å². The van der Waals surface area contributed by atoms with E-state index in [4.69, 9.17) is 5.73 Å². The lowest BCUT2D eigenvalue weighted by atomic mass is 9.83. The lowest BCUT2D eigenvalue weighted by molar-refractivity contribution is -0.127. The van der Waals surface area contributed by atoms with E-state index in [9.17, 15) is 19.5 Å². The molecule has 1 aliphatic carbocycles. The van der Waals surface area contributed by atoms with Gasteiger partial charge in [0.2, 0.25) is 11.8 Å². The van der Waals surface area contributed by atoms with Crippen molar-refractivity contribution < 1.29 is 19.5 Å². The molecule has 260 valence electrons. The monoisotopic (exact) mass is 651 g/mol. The van der Waals surface area contributed by atoms with Crippen LogP contribution in [0.25, 0.3) is 0 Å². The first-order valence-corrected chi connectivity index (χ1v) is 17.6. The standard InChI is InChI=1S/C36H57N7O4/c1-26(2)15-16-33(44)31(22-28-13-9-6-10-14-28)39-34(45)32(41(4)36(47)42-19-17-40(3)18-20-42)23-29-24-43(25-38-29)35(46)30(37)21-27-11-7-5-8-12-27/h5,7-8,11-12,24-26,28,30-33,44H,6,9-10,13-23,37H2,1-4H3,(H,39,45)/t30-,31-,32-,33-/m0/s1. The highest BCUT2D eigenvalue weighted by molar-refractivity contribution is 5.88. The van der Waals surface area contributed by atoms with Gasteiger partial charge in [0.25, 0.3) is 0 Å². The molecular formula is C36H57N7O4. The smallest absolute Gasteiger partial charge is 0.320 e. The summed E-state index contributed by atoms with van der Waals surface area (Å²) in [5, 5.41) is 14.5. The van der Waals surface area contributed by atoms with Crippen molar-refractivity contribution in [1.29, 1.82) is 0 Å². The highest BCUT2D eigenvalue weighted by atomic mass is 16.3. The summed E-state index contributed by atoms with van der Waals surface area (Å²) in [6.45, 7) is 6.95. The number of aliphatic hydroxyl groups is 1. The molecule has 0 radical (unpaired) electrons. The van der Waals surface area contributed by atoms with Gasteiger partial charge >= 0.3 is 6.03 Å². The number of nitrogens with one attached hydrogen (secondary N) is 1. The molecule has 3 amide bonds. The summed E-state index contributed by atoms with van der Waals surface area (Å²) in [7, 11) is 3.69. The van der Waals surface area contributed by atoms with Crippen LogP contribution in [-0.2, 0) is 17.6 Å². The summed E-state index contributed by atoms with van der Waals surface area (Å²) >= 11 is 0. The van der Waals surface area contributed by atoms with Crippen molar-refractivity contribution in [3.05, 3.63) is 54.1 Å². The van der Waals surface area contributed by atoms with Gasteiger partial charge in [0.15, 0.2) is 0 Å². The van der Waals surface area contributed by atoms with E-state index in [1.165, 1.54) is 35.1 Å². The summed E-state index contributed by atoms with van der Waals surface area (Å²) < 4.78 is 1.38. The van der Waals surface area contributed by atoms with Crippen LogP contribution in [0.1, 0.15) is 81.3 Å². The third-order valence-corrected chi connectivity index (χ3v) is 9.90. The van der Waals surface area contributed by atoms with E-state index < -0.39 is 24.2 Å². The lowest BCUT2D eigenvalue weighted by Crippen LogP contribution is -2.58. The third-order valence-electron chi connectivity index (χ3n) is 9.90. The van der Waals surface area contributed by atoms with E-state index in [1.807, 2.05) is 37.4 Å². The van der Waals surface area contributed by atoms with E-state index in [0.717, 1.165) is 44.3 Å². The number of benzene rings is 1. The number of nitrogens with zero attached hydrogens (tertiary/aromatic N) is 5. The van der Waals surface area contributed by atoms with Gasteiger partial charge in [0, 0.05) is 45.8 Å². The van der Waals surface area contributed by atoms with Crippen molar-refractivity contribution >= 4 is 17.8 Å². The van der Waals surface area contributed by atoms with Crippen LogP contribution in [0.2, 0.25) is 0 Å². The molecule has 1 saturated heterocycles. The topological polar surface area (TPSA) is 137 Å². The van der Waals surface area contributed by atoms with Crippen LogP contribution in [0.15, 0.2) is 42.9 Å². The van der Waals surface area contributed by atoms with Crippen LogP contribution in [0.3, 0.4) is 0 Å². The molecule has 4 atom stereocenters. The highest BCUT2D eigenvalue weighted by Gasteiger charge is 2.35. The number of amides is 3. The van der Waals surface area contributed by atoms with Gasteiger partial charge in [-0.05, 0) is 50.1 Å². The van der Waals surface area contributed by atoms with Crippen LogP contribution < -0.4 is 11.1 Å². The Bertz CT molecular complexity index is 1270. The fourth-order valence-electron chi connectivity index (χ4n) is 6.77. The zero-order chi connectivity index (χ0) is 33.9. The van der Waals surface area contributed by atoms with Crippen LogP contribution in [0, 0.1) is 11.8 Å². The molecule has 1 aromatic heterocycles. The quantitative estimate of drug-likeness (QED) is 0.284. The number of aliphatic hydroxyl groups excluding tert-OH is 1. The summed E-state index contributed by atoms with van der Waals surface area (Å²) in [6.07, 6.45) is 10.9. The van der Waals surface area contributed by atoms with Crippen molar-refractivity contribution in [2.45, 2.75) is 102 Å². The molecule has 1 aliphatic heterocycles. The molecule has 2 aliphatic rings. The van der Waals surface area contributed by atoms with Gasteiger partial charge in [0.05, 0.1) is 23.9 Å². The number of carbonyl (C=O) groups is 3. The van der Waals surface area contributed by atoms with Gasteiger partial charge < -0.3 is 30.9 Å². The maximum absolute atomic E-state index is 14.2. The minimum Gasteiger partial charge on any atom is -0.391 e. The van der Waals surface area contributed by atoms with Crippen molar-refractivity contribution in [1.82, 2.24) is 29.6 Å². The van der Waals surface area contributed by atoms with Crippen molar-refractivity contribution in [3.63, 3.8) is 0 Å². The molecule has 4 rings (SSSR count). The Hall–Kier alpha value is -3.28. The number of rotatable bonds is 14. The lowest BCUT2D eigenvalue weighted by Gasteiger charge is -2.38. The summed E-state index contributed by atoms with van der Waals surface area (Å²) in [5.74, 6) is 0.277. The number of hydrogen-bond acceptors (Lipinski definition) is 7. The predicted octanol–water partition coefficient (Wildman–Crippen LogP) is 3.56. The molecule has 0 bridgehead atoms. The average molecular weight is 652 g/mol. The third kappa shape index (κ3) is 10.9. The Labute approximate surface area is 280 Å². The number of imidazole rings is 1. The highest BCUT2D eigenvalue weighted by Crippen LogP contribution is 2.29. The number of urea groups is 1. The maximum atomic E-state index is 14.2. The number of aromatic nitrogens is 2. The largest absolute Gasteiger partial charge is 0.391 e. The Kier molecular flexibility index (Phi) is 13.8. The van der Waals surface area contributed by atoms with E-state index in [-0.39, 0.29) is 24.3 Å². The Morgan fingerprint density at radius 3 is 2.36 bits per heavy atom. The van der Waals surface area contributed by atoms with Crippen molar-refractivity contribution in [2.24, 2.45) is 17.6 Å². The van der Waals surface area contributed by atoms with Crippen LogP contribution >= 0.6 is 0 Å². The molecule has 2 aromatic rings. The second-order valence-electron chi connectivity index (χ2n) is 14.2. The van der Waals surface area contributed by atoms with E-state index in [0.29, 0.717) is 43.5 Å². The number of hydrogen-bond donors (Lipinski definition) is 3. The second-order valence-corrected chi connectivity index (χ2v) is 14.2. The van der Waals surface area contributed by atoms with E-state index in [2.05, 4.69) is 29.0 Å². The number of likely N-dealkylation sites (N-methyl/N-ethyl adjacent to an activating group) is 2. The molecule has 1 aromatic carbocycles. The van der Waals surface area contributed by atoms with Crippen LogP contribution in [-0.4, -0.2) is 112 Å². The zero-order valence-electron chi connectivity index (χ0n) is 28.9. The number of carbonyl (C=O) groups excluding carboxylic acids is 3. The summed E-state index contributed by atoms with van der Waals surface area (Å²) in [5.41, 5.74) is 7.75. The number of nitrogens with two attached hydrogens (primary N) is 1. The van der Waals surface area contributed by atoms with Gasteiger partial charge in [-0.1, -0.05) is 76.3 Å². The van der Waals surface area contributed by atoms with E-state index in [1.54, 1.807) is 18.1 Å². The van der Waals surface area contributed by atoms with Gasteiger partial charge in [-0.3, -0.25) is 14.2 Å². The molecule has 11 heteroatoms. The molecule has 11 nitrogen and oxygen atoms in total. The molecule has 2 fully saturated rings. The first-order valence-electron chi connectivity index (χ1n) is 17.6. The minimum atomic E-state index is -0.884. The SMILES string of the molecule is CC(C)CC[C@H](O)[C@H](CC1CCCCC1)NC(=O)[C@H](Cc1cn(C(=O)[C@@H](N)Cc2ccccc2)cn1)N(C)C(=O)N1CCN(C)CC1. The molecule has 47 heavy (non-hydrogen) atoms. The predicted molar refractivity (Wildman–Crippen MR) is 184 cm³/mol. The molecule has 4 N–H and O–H groups in total. The Morgan fingerprint density at radius 1 is 1.02 bits per heavy atom. The molecular weight excluding hydrogens is 594 g/mol. The zero-order valence-corrected chi connectivity index (χ0v) is 28.9. The molecule has 1 saturated carbocycles. The van der Waals surface area contributed by atoms with Gasteiger partial charge in [-0.2, -0.15) is 0 Å². The molecule has 0 unspecified atom stereocenters.